The number of hydrogen-bond acceptors (Lipinski definition) is 7. The van der Waals surface area contributed by atoms with Crippen molar-refractivity contribution in [3.8, 4) is 17.2 Å². The standard InChI is InChI=1S/C38H46ClN5O4/c1-5-6-20-44-32-11-8-7-10-31(32)40-37(44)42-19-9-18-41(23-24-42)21-16-38(29-12-14-30(39)15-13-29)17-22-43(27-38)36(45)28-25-33(46-2)35(48-4)34(26-28)47-3/h5-8,10-15,25-26H,9,16-24,27H2,1-4H3. The van der Waals surface area contributed by atoms with Crippen molar-refractivity contribution in [2.24, 2.45) is 0 Å². The Kier molecular flexibility index (Phi) is 10.5. The third kappa shape index (κ3) is 6.84. The summed E-state index contributed by atoms with van der Waals surface area (Å²) in [6.07, 6.45) is 7.16. The maximum Gasteiger partial charge on any atom is 0.254 e. The highest BCUT2D eigenvalue weighted by Crippen LogP contribution is 2.42. The van der Waals surface area contributed by atoms with Gasteiger partial charge in [0.25, 0.3) is 5.91 Å². The van der Waals surface area contributed by atoms with Gasteiger partial charge in [-0.25, -0.2) is 4.98 Å². The van der Waals surface area contributed by atoms with E-state index in [1.807, 2.05) is 17.0 Å². The molecule has 0 bridgehead atoms. The Morgan fingerprint density at radius 3 is 2.40 bits per heavy atom. The zero-order valence-electron chi connectivity index (χ0n) is 28.5. The molecule has 2 fully saturated rings. The van der Waals surface area contributed by atoms with Crippen LogP contribution in [-0.4, -0.2) is 92.4 Å². The van der Waals surface area contributed by atoms with Crippen LogP contribution in [0.5, 0.6) is 17.2 Å². The molecular formula is C38H46ClN5O4. The van der Waals surface area contributed by atoms with Gasteiger partial charge in [0, 0.05) is 55.3 Å². The monoisotopic (exact) mass is 671 g/mol. The van der Waals surface area contributed by atoms with Crippen LogP contribution in [0.25, 0.3) is 11.0 Å². The quantitative estimate of drug-likeness (QED) is 0.165. The molecule has 4 aromatic rings. The van der Waals surface area contributed by atoms with Gasteiger partial charge in [0.2, 0.25) is 11.7 Å². The summed E-state index contributed by atoms with van der Waals surface area (Å²) in [5.74, 6) is 2.41. The molecular weight excluding hydrogens is 626 g/mol. The predicted octanol–water partition coefficient (Wildman–Crippen LogP) is 6.68. The number of para-hydroxylation sites is 2. The second-order valence-corrected chi connectivity index (χ2v) is 13.1. The summed E-state index contributed by atoms with van der Waals surface area (Å²) < 4.78 is 18.9. The zero-order chi connectivity index (χ0) is 33.7. The van der Waals surface area contributed by atoms with Gasteiger partial charge in [-0.2, -0.15) is 0 Å². The van der Waals surface area contributed by atoms with Gasteiger partial charge in [-0.15, -0.1) is 0 Å². The minimum atomic E-state index is -0.187. The third-order valence-corrected chi connectivity index (χ3v) is 10.2. The minimum Gasteiger partial charge on any atom is -0.493 e. The Morgan fingerprint density at radius 2 is 1.69 bits per heavy atom. The van der Waals surface area contributed by atoms with Crippen molar-refractivity contribution < 1.29 is 19.0 Å². The van der Waals surface area contributed by atoms with Crippen molar-refractivity contribution in [1.29, 1.82) is 0 Å². The van der Waals surface area contributed by atoms with E-state index in [0.717, 1.165) is 70.0 Å². The molecule has 48 heavy (non-hydrogen) atoms. The molecule has 0 aliphatic carbocycles. The maximum absolute atomic E-state index is 14.0. The van der Waals surface area contributed by atoms with Gasteiger partial charge in [0.1, 0.15) is 0 Å². The Hall–Kier alpha value is -4.21. The summed E-state index contributed by atoms with van der Waals surface area (Å²) in [7, 11) is 4.69. The molecule has 1 unspecified atom stereocenters. The van der Waals surface area contributed by atoms with E-state index < -0.39 is 0 Å². The summed E-state index contributed by atoms with van der Waals surface area (Å²) >= 11 is 6.33. The number of anilines is 1. The number of imidazole rings is 1. The lowest BCUT2D eigenvalue weighted by Crippen LogP contribution is -2.39. The van der Waals surface area contributed by atoms with E-state index in [0.29, 0.717) is 40.9 Å². The molecule has 0 spiro atoms. The van der Waals surface area contributed by atoms with Gasteiger partial charge in [-0.05, 0) is 81.2 Å². The van der Waals surface area contributed by atoms with E-state index in [4.69, 9.17) is 30.8 Å². The van der Waals surface area contributed by atoms with Gasteiger partial charge in [-0.3, -0.25) is 4.79 Å². The summed E-state index contributed by atoms with van der Waals surface area (Å²) in [4.78, 5) is 26.0. The Labute approximate surface area is 288 Å². The third-order valence-electron chi connectivity index (χ3n) is 9.95. The van der Waals surface area contributed by atoms with E-state index in [1.54, 1.807) is 33.5 Å². The first-order valence-electron chi connectivity index (χ1n) is 16.8. The fourth-order valence-corrected chi connectivity index (χ4v) is 7.41. The number of fused-ring (bicyclic) bond motifs is 1. The van der Waals surface area contributed by atoms with Crippen LogP contribution in [0.2, 0.25) is 5.02 Å². The first-order valence-corrected chi connectivity index (χ1v) is 17.2. The number of allylic oxidation sites excluding steroid dienone is 2. The molecule has 10 heteroatoms. The molecule has 9 nitrogen and oxygen atoms in total. The first-order chi connectivity index (χ1) is 23.4. The molecule has 2 aliphatic rings. The molecule has 254 valence electrons. The summed E-state index contributed by atoms with van der Waals surface area (Å²) in [5.41, 5.74) is 3.76. The first kappa shape index (κ1) is 33.7. The van der Waals surface area contributed by atoms with Crippen LogP contribution in [0.3, 0.4) is 0 Å². The number of methoxy groups -OCH3 is 3. The van der Waals surface area contributed by atoms with Gasteiger partial charge in [-0.1, -0.05) is 48.0 Å². The van der Waals surface area contributed by atoms with Crippen LogP contribution >= 0.6 is 11.6 Å². The lowest BCUT2D eigenvalue weighted by atomic mass is 9.76. The molecule has 3 heterocycles. The topological polar surface area (TPSA) is 72.3 Å². The van der Waals surface area contributed by atoms with Gasteiger partial charge in [0.05, 0.1) is 32.4 Å². The zero-order valence-corrected chi connectivity index (χ0v) is 29.2. The second kappa shape index (κ2) is 14.9. The minimum absolute atomic E-state index is 0.0451. The van der Waals surface area contributed by atoms with E-state index in [2.05, 4.69) is 69.8 Å². The number of likely N-dealkylation sites (tertiary alicyclic amines) is 1. The van der Waals surface area contributed by atoms with Crippen molar-refractivity contribution in [3.05, 3.63) is 89.0 Å². The van der Waals surface area contributed by atoms with Crippen LogP contribution < -0.4 is 19.1 Å². The predicted molar refractivity (Wildman–Crippen MR) is 192 cm³/mol. The van der Waals surface area contributed by atoms with Crippen LogP contribution in [0, 0.1) is 0 Å². The Bertz CT molecular complexity index is 1730. The molecule has 1 aromatic heterocycles. The van der Waals surface area contributed by atoms with Crippen molar-refractivity contribution in [2.45, 2.75) is 38.1 Å². The molecule has 1 amide bonds. The Morgan fingerprint density at radius 1 is 0.938 bits per heavy atom. The SMILES string of the molecule is CC=CCn1c(N2CCCN(CCC3(c4ccc(Cl)cc4)CCN(C(=O)c4cc(OC)c(OC)c(OC)c4)C3)CC2)nc2ccccc21. The summed E-state index contributed by atoms with van der Waals surface area (Å²) in [5, 5.41) is 0.713. The van der Waals surface area contributed by atoms with Gasteiger partial charge >= 0.3 is 0 Å². The number of carbonyl (C=O) groups is 1. The number of hydrogen-bond donors (Lipinski definition) is 0. The maximum atomic E-state index is 14.0. The molecule has 6 rings (SSSR count). The average molecular weight is 672 g/mol. The average Bonchev–Trinajstić information content (AvgIpc) is 3.64. The summed E-state index contributed by atoms with van der Waals surface area (Å²) in [6.45, 7) is 8.96. The molecule has 1 atom stereocenters. The van der Waals surface area contributed by atoms with Gasteiger partial charge in [0.15, 0.2) is 11.5 Å². The number of ether oxygens (including phenoxy) is 3. The fraction of sp³-hybridized carbons (Fsp3) is 0.421. The van der Waals surface area contributed by atoms with Crippen LogP contribution in [-0.2, 0) is 12.0 Å². The van der Waals surface area contributed by atoms with E-state index in [9.17, 15) is 4.79 Å². The molecule has 0 radical (unpaired) electrons. The highest BCUT2D eigenvalue weighted by atomic mass is 35.5. The molecule has 2 aliphatic heterocycles. The van der Waals surface area contributed by atoms with E-state index in [1.165, 1.54) is 11.1 Å². The van der Waals surface area contributed by atoms with E-state index in [-0.39, 0.29) is 11.3 Å². The van der Waals surface area contributed by atoms with Gasteiger partial charge < -0.3 is 33.5 Å². The highest BCUT2D eigenvalue weighted by Gasteiger charge is 2.42. The van der Waals surface area contributed by atoms with Crippen molar-refractivity contribution in [2.75, 3.05) is 72.0 Å². The van der Waals surface area contributed by atoms with Crippen LogP contribution in [0.1, 0.15) is 42.1 Å². The Balaban J connectivity index is 1.19. The molecule has 3 aromatic carbocycles. The van der Waals surface area contributed by atoms with Crippen LogP contribution in [0.4, 0.5) is 5.95 Å². The normalized spacial score (nSPS) is 18.9. The number of amides is 1. The van der Waals surface area contributed by atoms with Crippen LogP contribution in [0.15, 0.2) is 72.8 Å². The number of nitrogens with zero attached hydrogens (tertiary/aromatic N) is 5. The number of benzene rings is 3. The molecule has 0 saturated carbocycles. The molecule has 2 saturated heterocycles. The largest absolute Gasteiger partial charge is 0.493 e. The highest BCUT2D eigenvalue weighted by molar-refractivity contribution is 6.30. The summed E-state index contributed by atoms with van der Waals surface area (Å²) in [6, 6.07) is 20.1. The van der Waals surface area contributed by atoms with Crippen molar-refractivity contribution >= 4 is 34.5 Å². The number of rotatable bonds is 11. The van der Waals surface area contributed by atoms with Crippen molar-refractivity contribution in [1.82, 2.24) is 19.4 Å². The van der Waals surface area contributed by atoms with E-state index >= 15 is 0 Å². The second-order valence-electron chi connectivity index (χ2n) is 12.7. The number of carbonyl (C=O) groups excluding carboxylic acids is 1. The number of halogens is 1. The fourth-order valence-electron chi connectivity index (χ4n) is 7.28. The lowest BCUT2D eigenvalue weighted by molar-refractivity contribution is 0.0780. The number of aromatic nitrogens is 2. The van der Waals surface area contributed by atoms with Crippen molar-refractivity contribution in [3.63, 3.8) is 0 Å². The lowest BCUT2D eigenvalue weighted by Gasteiger charge is -2.33. The smallest absolute Gasteiger partial charge is 0.254 e. The molecule has 0 N–H and O–H groups in total.